The number of hydrogen-bond acceptors (Lipinski definition) is 5. The molecule has 1 aromatic heterocycles. The van der Waals surface area contributed by atoms with Crippen LogP contribution in [0.3, 0.4) is 0 Å². The minimum Gasteiger partial charge on any atom is -0.443 e. The highest BCUT2D eigenvalue weighted by Gasteiger charge is 2.13. The number of aromatic nitrogens is 1. The SMILES string of the molecule is NC(CCN1CCNCC1)c1ccc2ncoc2c1. The largest absolute Gasteiger partial charge is 0.443 e. The molecule has 5 heteroatoms. The van der Waals surface area contributed by atoms with Crippen molar-refractivity contribution in [2.45, 2.75) is 12.5 Å². The van der Waals surface area contributed by atoms with Crippen molar-refractivity contribution in [1.82, 2.24) is 15.2 Å². The van der Waals surface area contributed by atoms with Gasteiger partial charge in [0.1, 0.15) is 5.52 Å². The second kappa shape index (κ2) is 5.69. The van der Waals surface area contributed by atoms with E-state index in [2.05, 4.69) is 15.2 Å². The second-order valence-corrected chi connectivity index (χ2v) is 5.07. The molecule has 3 N–H and O–H groups in total. The van der Waals surface area contributed by atoms with Crippen molar-refractivity contribution in [3.8, 4) is 0 Å². The molecule has 0 bridgehead atoms. The molecule has 3 rings (SSSR count). The Kier molecular flexibility index (Phi) is 3.77. The maximum absolute atomic E-state index is 6.27. The number of hydrogen-bond donors (Lipinski definition) is 2. The summed E-state index contributed by atoms with van der Waals surface area (Å²) in [5.74, 6) is 0. The number of fused-ring (bicyclic) bond motifs is 1. The quantitative estimate of drug-likeness (QED) is 0.862. The number of rotatable bonds is 4. The lowest BCUT2D eigenvalue weighted by Gasteiger charge is -2.28. The number of nitrogens with two attached hydrogens (primary N) is 1. The molecule has 1 atom stereocenters. The van der Waals surface area contributed by atoms with Crippen LogP contribution in [-0.4, -0.2) is 42.6 Å². The molecular formula is C14H20N4O. The first-order valence-corrected chi connectivity index (χ1v) is 6.85. The lowest BCUT2D eigenvalue weighted by molar-refractivity contribution is 0.233. The van der Waals surface area contributed by atoms with E-state index in [0.29, 0.717) is 0 Å². The van der Waals surface area contributed by atoms with Crippen molar-refractivity contribution in [3.63, 3.8) is 0 Å². The van der Waals surface area contributed by atoms with E-state index in [1.165, 1.54) is 6.39 Å². The average Bonchev–Trinajstić information content (AvgIpc) is 2.93. The van der Waals surface area contributed by atoms with Gasteiger partial charge in [-0.1, -0.05) is 6.07 Å². The first-order valence-electron chi connectivity index (χ1n) is 6.85. The van der Waals surface area contributed by atoms with Crippen LogP contribution in [0.25, 0.3) is 11.1 Å². The zero-order chi connectivity index (χ0) is 13.1. The molecule has 0 radical (unpaired) electrons. The van der Waals surface area contributed by atoms with Crippen LogP contribution in [-0.2, 0) is 0 Å². The van der Waals surface area contributed by atoms with Gasteiger partial charge in [0.25, 0.3) is 0 Å². The molecule has 1 fully saturated rings. The van der Waals surface area contributed by atoms with Crippen molar-refractivity contribution in [2.75, 3.05) is 32.7 Å². The highest BCUT2D eigenvalue weighted by atomic mass is 16.3. The Hall–Kier alpha value is -1.43. The summed E-state index contributed by atoms with van der Waals surface area (Å²) in [6.07, 6.45) is 2.44. The van der Waals surface area contributed by atoms with E-state index in [0.717, 1.165) is 55.8 Å². The predicted molar refractivity (Wildman–Crippen MR) is 74.9 cm³/mol. The van der Waals surface area contributed by atoms with Crippen LogP contribution < -0.4 is 11.1 Å². The summed E-state index contributed by atoms with van der Waals surface area (Å²) in [5.41, 5.74) is 9.09. The topological polar surface area (TPSA) is 67.3 Å². The second-order valence-electron chi connectivity index (χ2n) is 5.07. The highest BCUT2D eigenvalue weighted by molar-refractivity contribution is 5.72. The van der Waals surface area contributed by atoms with Crippen LogP contribution in [0.1, 0.15) is 18.0 Å². The van der Waals surface area contributed by atoms with E-state index in [1.807, 2.05) is 18.2 Å². The summed E-state index contributed by atoms with van der Waals surface area (Å²) < 4.78 is 5.32. The van der Waals surface area contributed by atoms with Crippen LogP contribution in [0.5, 0.6) is 0 Å². The third-order valence-electron chi connectivity index (χ3n) is 3.75. The smallest absolute Gasteiger partial charge is 0.181 e. The molecule has 0 amide bonds. The van der Waals surface area contributed by atoms with E-state index in [1.54, 1.807) is 0 Å². The van der Waals surface area contributed by atoms with E-state index in [4.69, 9.17) is 10.2 Å². The molecule has 1 aliphatic rings. The normalized spacial score (nSPS) is 18.8. The molecule has 102 valence electrons. The van der Waals surface area contributed by atoms with Gasteiger partial charge >= 0.3 is 0 Å². The Labute approximate surface area is 112 Å². The third kappa shape index (κ3) is 2.94. The van der Waals surface area contributed by atoms with Gasteiger partial charge in [0.15, 0.2) is 12.0 Å². The minimum atomic E-state index is 0.0596. The van der Waals surface area contributed by atoms with Gasteiger partial charge in [-0.15, -0.1) is 0 Å². The fourth-order valence-electron chi connectivity index (χ4n) is 2.53. The Morgan fingerprint density at radius 3 is 3.05 bits per heavy atom. The lowest BCUT2D eigenvalue weighted by Crippen LogP contribution is -2.44. The molecule has 2 heterocycles. The first kappa shape index (κ1) is 12.6. The van der Waals surface area contributed by atoms with Crippen LogP contribution >= 0.6 is 0 Å². The van der Waals surface area contributed by atoms with Gasteiger partial charge < -0.3 is 20.4 Å². The van der Waals surface area contributed by atoms with Gasteiger partial charge in [-0.2, -0.15) is 0 Å². The van der Waals surface area contributed by atoms with Crippen LogP contribution in [0.15, 0.2) is 29.0 Å². The number of nitrogens with zero attached hydrogens (tertiary/aromatic N) is 2. The Morgan fingerprint density at radius 1 is 1.37 bits per heavy atom. The zero-order valence-electron chi connectivity index (χ0n) is 11.0. The molecule has 1 aliphatic heterocycles. The van der Waals surface area contributed by atoms with E-state index in [-0.39, 0.29) is 6.04 Å². The van der Waals surface area contributed by atoms with Gasteiger partial charge in [-0.25, -0.2) is 4.98 Å². The van der Waals surface area contributed by atoms with Crippen molar-refractivity contribution in [3.05, 3.63) is 30.2 Å². The molecule has 0 spiro atoms. The summed E-state index contributed by atoms with van der Waals surface area (Å²) in [6, 6.07) is 6.08. The molecule has 1 aromatic carbocycles. The predicted octanol–water partition coefficient (Wildman–Crippen LogP) is 1.12. The highest BCUT2D eigenvalue weighted by Crippen LogP contribution is 2.20. The molecule has 5 nitrogen and oxygen atoms in total. The van der Waals surface area contributed by atoms with Crippen LogP contribution in [0.4, 0.5) is 0 Å². The molecular weight excluding hydrogens is 240 g/mol. The van der Waals surface area contributed by atoms with E-state index >= 15 is 0 Å². The maximum atomic E-state index is 6.27. The molecule has 1 unspecified atom stereocenters. The molecule has 2 aromatic rings. The summed E-state index contributed by atoms with van der Waals surface area (Å²) in [5, 5.41) is 3.36. The number of benzene rings is 1. The van der Waals surface area contributed by atoms with Gasteiger partial charge in [0.2, 0.25) is 0 Å². The minimum absolute atomic E-state index is 0.0596. The van der Waals surface area contributed by atoms with Crippen molar-refractivity contribution in [2.24, 2.45) is 5.73 Å². The Morgan fingerprint density at radius 2 is 2.21 bits per heavy atom. The third-order valence-corrected chi connectivity index (χ3v) is 3.75. The monoisotopic (exact) mass is 260 g/mol. The summed E-state index contributed by atoms with van der Waals surface area (Å²) >= 11 is 0. The number of nitrogens with one attached hydrogen (secondary N) is 1. The Bertz CT molecular complexity index is 533. The average molecular weight is 260 g/mol. The van der Waals surface area contributed by atoms with E-state index < -0.39 is 0 Å². The summed E-state index contributed by atoms with van der Waals surface area (Å²) in [7, 11) is 0. The molecule has 0 saturated carbocycles. The zero-order valence-corrected chi connectivity index (χ0v) is 11.0. The number of piperazine rings is 1. The number of oxazole rings is 1. The fourth-order valence-corrected chi connectivity index (χ4v) is 2.53. The van der Waals surface area contributed by atoms with Gasteiger partial charge in [0.05, 0.1) is 0 Å². The van der Waals surface area contributed by atoms with Gasteiger partial charge in [-0.3, -0.25) is 0 Å². The fraction of sp³-hybridized carbons (Fsp3) is 0.500. The first-order chi connectivity index (χ1) is 9.33. The van der Waals surface area contributed by atoms with Crippen molar-refractivity contribution in [1.29, 1.82) is 0 Å². The molecule has 1 saturated heterocycles. The van der Waals surface area contributed by atoms with Crippen LogP contribution in [0, 0.1) is 0 Å². The lowest BCUT2D eigenvalue weighted by atomic mass is 10.0. The Balaban J connectivity index is 1.60. The van der Waals surface area contributed by atoms with Gasteiger partial charge in [-0.05, 0) is 24.1 Å². The summed E-state index contributed by atoms with van der Waals surface area (Å²) in [6.45, 7) is 5.46. The standard InChI is InChI=1S/C14H20N4O/c15-12(3-6-18-7-4-16-5-8-18)11-1-2-13-14(9-11)19-10-17-13/h1-2,9-10,12,16H,3-8,15H2. The summed E-state index contributed by atoms with van der Waals surface area (Å²) in [4.78, 5) is 6.58. The van der Waals surface area contributed by atoms with Crippen LogP contribution in [0.2, 0.25) is 0 Å². The van der Waals surface area contributed by atoms with Gasteiger partial charge in [0, 0.05) is 38.8 Å². The molecule has 0 aliphatic carbocycles. The van der Waals surface area contributed by atoms with Crippen molar-refractivity contribution >= 4 is 11.1 Å². The molecule has 19 heavy (non-hydrogen) atoms. The van der Waals surface area contributed by atoms with Crippen molar-refractivity contribution < 1.29 is 4.42 Å². The van der Waals surface area contributed by atoms with E-state index in [9.17, 15) is 0 Å². The maximum Gasteiger partial charge on any atom is 0.181 e.